The predicted molar refractivity (Wildman–Crippen MR) is 80.9 cm³/mol. The van der Waals surface area contributed by atoms with E-state index < -0.39 is 5.97 Å². The lowest BCUT2D eigenvalue weighted by atomic mass is 10.1. The van der Waals surface area contributed by atoms with Crippen molar-refractivity contribution in [2.24, 2.45) is 0 Å². The molecular formula is C16H10ClN2O3-. The number of aromatic carboxylic acids is 1. The van der Waals surface area contributed by atoms with Gasteiger partial charge in [0.2, 0.25) is 0 Å². The van der Waals surface area contributed by atoms with Crippen LogP contribution in [0.25, 0.3) is 10.8 Å². The third-order valence-electron chi connectivity index (χ3n) is 3.34. The van der Waals surface area contributed by atoms with Crippen molar-refractivity contribution in [3.05, 3.63) is 75.2 Å². The van der Waals surface area contributed by atoms with Crippen LogP contribution in [-0.2, 0) is 6.54 Å². The average molecular weight is 314 g/mol. The fraction of sp³-hybridized carbons (Fsp3) is 0.0625. The van der Waals surface area contributed by atoms with Crippen LogP contribution in [0.15, 0.2) is 53.3 Å². The lowest BCUT2D eigenvalue weighted by Crippen LogP contribution is -2.31. The Hall–Kier alpha value is -2.66. The summed E-state index contributed by atoms with van der Waals surface area (Å²) in [6.45, 7) is 0.0869. The first-order valence-electron chi connectivity index (χ1n) is 6.52. The summed E-state index contributed by atoms with van der Waals surface area (Å²) >= 11 is 6.08. The summed E-state index contributed by atoms with van der Waals surface area (Å²) in [5.74, 6) is -1.43. The van der Waals surface area contributed by atoms with Gasteiger partial charge in [0.25, 0.3) is 5.56 Å². The number of nitrogens with zero attached hydrogens (tertiary/aromatic N) is 2. The van der Waals surface area contributed by atoms with E-state index in [-0.39, 0.29) is 28.6 Å². The van der Waals surface area contributed by atoms with Crippen molar-refractivity contribution in [2.45, 2.75) is 6.54 Å². The lowest BCUT2D eigenvalue weighted by molar-refractivity contribution is -0.255. The van der Waals surface area contributed by atoms with Gasteiger partial charge in [0.1, 0.15) is 5.69 Å². The number of carboxylic acids is 1. The topological polar surface area (TPSA) is 75.0 Å². The average Bonchev–Trinajstić information content (AvgIpc) is 2.52. The third kappa shape index (κ3) is 2.46. The van der Waals surface area contributed by atoms with Gasteiger partial charge < -0.3 is 9.90 Å². The molecule has 5 nitrogen and oxygen atoms in total. The highest BCUT2D eigenvalue weighted by atomic mass is 35.5. The molecular weight excluding hydrogens is 304 g/mol. The molecule has 0 fully saturated rings. The summed E-state index contributed by atoms with van der Waals surface area (Å²) in [6.07, 6.45) is 0. The molecule has 110 valence electrons. The van der Waals surface area contributed by atoms with Crippen molar-refractivity contribution in [2.75, 3.05) is 0 Å². The SMILES string of the molecule is O=C([O-])c1nn(Cc2ccccc2Cl)c(=O)c2ccccc12. The summed E-state index contributed by atoms with van der Waals surface area (Å²) in [5.41, 5.74) is 0.0427. The van der Waals surface area contributed by atoms with Gasteiger partial charge in [-0.25, -0.2) is 4.68 Å². The molecule has 3 rings (SSSR count). The molecule has 0 aliphatic rings. The Morgan fingerprint density at radius 2 is 1.73 bits per heavy atom. The summed E-state index contributed by atoms with van der Waals surface area (Å²) < 4.78 is 1.09. The Balaban J connectivity index is 2.22. The van der Waals surface area contributed by atoms with Crippen LogP contribution >= 0.6 is 11.6 Å². The van der Waals surface area contributed by atoms with Crippen LogP contribution in [0.4, 0.5) is 0 Å². The maximum atomic E-state index is 12.5. The zero-order valence-electron chi connectivity index (χ0n) is 11.3. The van der Waals surface area contributed by atoms with E-state index in [2.05, 4.69) is 5.10 Å². The van der Waals surface area contributed by atoms with Crippen LogP contribution in [0.1, 0.15) is 16.1 Å². The third-order valence-corrected chi connectivity index (χ3v) is 3.71. The maximum Gasteiger partial charge on any atom is 0.274 e. The quantitative estimate of drug-likeness (QED) is 0.733. The van der Waals surface area contributed by atoms with Crippen LogP contribution in [0.5, 0.6) is 0 Å². The van der Waals surface area contributed by atoms with Gasteiger partial charge in [-0.05, 0) is 17.7 Å². The van der Waals surface area contributed by atoms with Crippen LogP contribution < -0.4 is 10.7 Å². The second-order valence-corrected chi connectivity index (χ2v) is 5.14. The fourth-order valence-electron chi connectivity index (χ4n) is 2.28. The van der Waals surface area contributed by atoms with E-state index in [4.69, 9.17) is 11.6 Å². The molecule has 0 N–H and O–H groups in total. The minimum absolute atomic E-state index is 0.0869. The highest BCUT2D eigenvalue weighted by Crippen LogP contribution is 2.17. The van der Waals surface area contributed by atoms with E-state index in [1.807, 2.05) is 0 Å². The number of carboxylic acid groups (broad SMARTS) is 1. The van der Waals surface area contributed by atoms with Crippen molar-refractivity contribution in [3.63, 3.8) is 0 Å². The van der Waals surface area contributed by atoms with Gasteiger partial charge in [-0.15, -0.1) is 0 Å². The van der Waals surface area contributed by atoms with E-state index in [9.17, 15) is 14.7 Å². The highest BCUT2D eigenvalue weighted by molar-refractivity contribution is 6.31. The first kappa shape index (κ1) is 14.3. The van der Waals surface area contributed by atoms with E-state index in [1.54, 1.807) is 42.5 Å². The normalized spacial score (nSPS) is 10.8. The Bertz CT molecular complexity index is 934. The van der Waals surface area contributed by atoms with Crippen molar-refractivity contribution in [1.29, 1.82) is 0 Å². The van der Waals surface area contributed by atoms with Crippen molar-refractivity contribution in [3.8, 4) is 0 Å². The standard InChI is InChI=1S/C16H11ClN2O3/c17-13-8-4-1-5-10(13)9-19-15(20)12-7-3-2-6-11(12)14(18-19)16(21)22/h1-8H,9H2,(H,21,22)/p-1. The second kappa shape index (κ2) is 5.61. The second-order valence-electron chi connectivity index (χ2n) is 4.74. The number of hydrogen-bond acceptors (Lipinski definition) is 4. The molecule has 0 atom stereocenters. The molecule has 0 aliphatic heterocycles. The van der Waals surface area contributed by atoms with Crippen LogP contribution in [-0.4, -0.2) is 15.7 Å². The number of carbonyl (C=O) groups excluding carboxylic acids is 1. The zero-order valence-corrected chi connectivity index (χ0v) is 12.1. The number of rotatable bonds is 3. The van der Waals surface area contributed by atoms with Gasteiger partial charge in [-0.2, -0.15) is 5.10 Å². The molecule has 0 aliphatic carbocycles. The monoisotopic (exact) mass is 313 g/mol. The van der Waals surface area contributed by atoms with Gasteiger partial charge in [0.05, 0.1) is 17.9 Å². The maximum absolute atomic E-state index is 12.5. The molecule has 0 amide bonds. The van der Waals surface area contributed by atoms with Crippen molar-refractivity contribution in [1.82, 2.24) is 9.78 Å². The summed E-state index contributed by atoms with van der Waals surface area (Å²) in [6, 6.07) is 13.4. The molecule has 0 bridgehead atoms. The lowest BCUT2D eigenvalue weighted by Gasteiger charge is -2.12. The summed E-state index contributed by atoms with van der Waals surface area (Å²) in [7, 11) is 0. The van der Waals surface area contributed by atoms with Crippen molar-refractivity contribution >= 4 is 28.3 Å². The molecule has 22 heavy (non-hydrogen) atoms. The molecule has 2 aromatic carbocycles. The predicted octanol–water partition coefficient (Wildman–Crippen LogP) is 1.46. The molecule has 1 aromatic heterocycles. The Labute approximate surface area is 130 Å². The molecule has 0 saturated carbocycles. The molecule has 0 saturated heterocycles. The Morgan fingerprint density at radius 1 is 1.09 bits per heavy atom. The number of aromatic nitrogens is 2. The van der Waals surface area contributed by atoms with Gasteiger partial charge in [0, 0.05) is 10.4 Å². The molecule has 3 aromatic rings. The zero-order chi connectivity index (χ0) is 15.7. The number of hydrogen-bond donors (Lipinski definition) is 0. The largest absolute Gasteiger partial charge is 0.543 e. The van der Waals surface area contributed by atoms with Gasteiger partial charge in [0.15, 0.2) is 0 Å². The Morgan fingerprint density at radius 3 is 2.41 bits per heavy atom. The van der Waals surface area contributed by atoms with E-state index >= 15 is 0 Å². The molecule has 1 heterocycles. The Kier molecular flexibility index (Phi) is 3.65. The summed E-state index contributed by atoms with van der Waals surface area (Å²) in [5, 5.41) is 16.2. The number of halogens is 1. The molecule has 0 unspecified atom stereocenters. The molecule has 6 heteroatoms. The first-order valence-corrected chi connectivity index (χ1v) is 6.90. The minimum atomic E-state index is -1.43. The number of carbonyl (C=O) groups is 1. The van der Waals surface area contributed by atoms with Crippen molar-refractivity contribution < 1.29 is 9.90 Å². The van der Waals surface area contributed by atoms with Gasteiger partial charge >= 0.3 is 0 Å². The van der Waals surface area contributed by atoms with E-state index in [1.165, 1.54) is 6.07 Å². The van der Waals surface area contributed by atoms with Crippen LogP contribution in [0, 0.1) is 0 Å². The van der Waals surface area contributed by atoms with Gasteiger partial charge in [-0.3, -0.25) is 4.79 Å². The highest BCUT2D eigenvalue weighted by Gasteiger charge is 2.12. The first-order chi connectivity index (χ1) is 10.6. The van der Waals surface area contributed by atoms with E-state index in [0.29, 0.717) is 10.6 Å². The van der Waals surface area contributed by atoms with Crippen LogP contribution in [0.3, 0.4) is 0 Å². The molecule has 0 spiro atoms. The van der Waals surface area contributed by atoms with Gasteiger partial charge in [-0.1, -0.05) is 48.0 Å². The smallest absolute Gasteiger partial charge is 0.274 e. The van der Waals surface area contributed by atoms with E-state index in [0.717, 1.165) is 4.68 Å². The summed E-state index contributed by atoms with van der Waals surface area (Å²) in [4.78, 5) is 23.7. The number of fused-ring (bicyclic) bond motifs is 1. The number of benzene rings is 2. The molecule has 0 radical (unpaired) electrons. The minimum Gasteiger partial charge on any atom is -0.543 e. The fourth-order valence-corrected chi connectivity index (χ4v) is 2.48. The van der Waals surface area contributed by atoms with Crippen LogP contribution in [0.2, 0.25) is 5.02 Å².